The number of hydrogen-bond acceptors (Lipinski definition) is 3. The van der Waals surface area contributed by atoms with Crippen molar-refractivity contribution in [2.75, 3.05) is 13.1 Å². The Morgan fingerprint density at radius 2 is 2.24 bits per heavy atom. The Kier molecular flexibility index (Phi) is 2.73. The molecule has 2 heterocycles. The lowest BCUT2D eigenvalue weighted by Gasteiger charge is -2.10. The molecule has 0 saturated carbocycles. The fraction of sp³-hybridized carbons (Fsp3) is 0.385. The smallest absolute Gasteiger partial charge is 0.133 e. The molecule has 1 aliphatic rings. The summed E-state index contributed by atoms with van der Waals surface area (Å²) in [5, 5.41) is 5.16. The van der Waals surface area contributed by atoms with E-state index in [0.717, 1.165) is 47.0 Å². The Morgan fingerprint density at radius 3 is 3.00 bits per heavy atom. The summed E-state index contributed by atoms with van der Waals surface area (Å²) in [6.07, 6.45) is 1.12. The van der Waals surface area contributed by atoms with Crippen LogP contribution < -0.4 is 5.32 Å². The van der Waals surface area contributed by atoms with Crippen LogP contribution in [-0.2, 0) is 0 Å². The normalized spacial score (nSPS) is 20.0. The first-order chi connectivity index (χ1) is 8.24. The van der Waals surface area contributed by atoms with Gasteiger partial charge in [0.2, 0.25) is 0 Å². The van der Waals surface area contributed by atoms with Crippen molar-refractivity contribution >= 4 is 22.5 Å². The number of nitrogens with one attached hydrogen (secondary N) is 1. The third-order valence-electron chi connectivity index (χ3n) is 3.29. The van der Waals surface area contributed by atoms with Crippen molar-refractivity contribution in [3.63, 3.8) is 0 Å². The molecule has 3 nitrogen and oxygen atoms in total. The molecule has 0 radical (unpaired) electrons. The molecule has 0 amide bonds. The van der Waals surface area contributed by atoms with E-state index in [1.54, 1.807) is 0 Å². The fourth-order valence-corrected chi connectivity index (χ4v) is 2.51. The summed E-state index contributed by atoms with van der Waals surface area (Å²) in [6, 6.07) is 5.79. The van der Waals surface area contributed by atoms with E-state index >= 15 is 0 Å². The van der Waals surface area contributed by atoms with Crippen molar-refractivity contribution in [1.29, 1.82) is 0 Å². The number of nitrogens with zero attached hydrogens (tertiary/aromatic N) is 2. The minimum atomic E-state index is 0.442. The van der Waals surface area contributed by atoms with E-state index in [1.165, 1.54) is 0 Å². The number of fused-ring (bicyclic) bond motifs is 1. The van der Waals surface area contributed by atoms with Gasteiger partial charge in [0, 0.05) is 28.6 Å². The summed E-state index contributed by atoms with van der Waals surface area (Å²) in [4.78, 5) is 9.26. The van der Waals surface area contributed by atoms with Crippen LogP contribution in [0.5, 0.6) is 0 Å². The zero-order chi connectivity index (χ0) is 11.8. The van der Waals surface area contributed by atoms with Gasteiger partial charge in [0.25, 0.3) is 0 Å². The molecule has 0 bridgehead atoms. The summed E-state index contributed by atoms with van der Waals surface area (Å²) in [6.45, 7) is 4.07. The van der Waals surface area contributed by atoms with Gasteiger partial charge in [-0.2, -0.15) is 0 Å². The molecule has 1 saturated heterocycles. The second kappa shape index (κ2) is 4.24. The first kappa shape index (κ1) is 10.9. The molecule has 1 fully saturated rings. The van der Waals surface area contributed by atoms with Gasteiger partial charge < -0.3 is 5.32 Å². The van der Waals surface area contributed by atoms with Crippen molar-refractivity contribution in [2.24, 2.45) is 0 Å². The molecule has 0 spiro atoms. The average molecular weight is 248 g/mol. The molecule has 17 heavy (non-hydrogen) atoms. The minimum Gasteiger partial charge on any atom is -0.316 e. The van der Waals surface area contributed by atoms with Crippen LogP contribution in [0.2, 0.25) is 5.02 Å². The molecule has 2 aromatic rings. The van der Waals surface area contributed by atoms with Crippen molar-refractivity contribution in [3.8, 4) is 0 Å². The Labute approximate surface area is 105 Å². The molecular formula is C13H14ClN3. The molecule has 1 aromatic heterocycles. The molecule has 0 aliphatic carbocycles. The maximum atomic E-state index is 6.01. The highest BCUT2D eigenvalue weighted by atomic mass is 35.5. The number of hydrogen-bond donors (Lipinski definition) is 1. The molecular weight excluding hydrogens is 234 g/mol. The van der Waals surface area contributed by atoms with Gasteiger partial charge >= 0.3 is 0 Å². The maximum absolute atomic E-state index is 6.01. The summed E-state index contributed by atoms with van der Waals surface area (Å²) in [5.74, 6) is 1.39. The average Bonchev–Trinajstić information content (AvgIpc) is 2.81. The van der Waals surface area contributed by atoms with Crippen LogP contribution >= 0.6 is 11.6 Å². The topological polar surface area (TPSA) is 37.8 Å². The van der Waals surface area contributed by atoms with Gasteiger partial charge in [0.05, 0.1) is 5.52 Å². The van der Waals surface area contributed by atoms with E-state index in [9.17, 15) is 0 Å². The summed E-state index contributed by atoms with van der Waals surface area (Å²) in [5.41, 5.74) is 1.99. The summed E-state index contributed by atoms with van der Waals surface area (Å²) >= 11 is 6.01. The van der Waals surface area contributed by atoms with E-state index in [1.807, 2.05) is 25.1 Å². The first-order valence-electron chi connectivity index (χ1n) is 5.88. The fourth-order valence-electron chi connectivity index (χ4n) is 2.34. The SMILES string of the molecule is Cc1nc(C2CCNC2)nc2cc(Cl)ccc12. The van der Waals surface area contributed by atoms with Crippen molar-refractivity contribution in [2.45, 2.75) is 19.3 Å². The first-order valence-corrected chi connectivity index (χ1v) is 6.26. The van der Waals surface area contributed by atoms with E-state index in [2.05, 4.69) is 15.3 Å². The highest BCUT2D eigenvalue weighted by molar-refractivity contribution is 6.31. The Morgan fingerprint density at radius 1 is 1.35 bits per heavy atom. The third-order valence-corrected chi connectivity index (χ3v) is 3.53. The number of benzene rings is 1. The van der Waals surface area contributed by atoms with Gasteiger partial charge in [0.1, 0.15) is 5.82 Å². The number of halogens is 1. The molecule has 1 N–H and O–H groups in total. The number of aromatic nitrogens is 2. The van der Waals surface area contributed by atoms with Crippen LogP contribution in [0.4, 0.5) is 0 Å². The van der Waals surface area contributed by atoms with Crippen LogP contribution in [0.3, 0.4) is 0 Å². The highest BCUT2D eigenvalue weighted by Gasteiger charge is 2.20. The van der Waals surface area contributed by atoms with E-state index in [4.69, 9.17) is 11.6 Å². The largest absolute Gasteiger partial charge is 0.316 e. The van der Waals surface area contributed by atoms with Gasteiger partial charge in [-0.1, -0.05) is 11.6 Å². The van der Waals surface area contributed by atoms with Gasteiger partial charge in [-0.05, 0) is 38.1 Å². The quantitative estimate of drug-likeness (QED) is 0.842. The van der Waals surface area contributed by atoms with Crippen molar-refractivity contribution < 1.29 is 0 Å². The van der Waals surface area contributed by atoms with Gasteiger partial charge in [-0.15, -0.1) is 0 Å². The van der Waals surface area contributed by atoms with E-state index in [-0.39, 0.29) is 0 Å². The zero-order valence-corrected chi connectivity index (χ0v) is 10.5. The molecule has 1 unspecified atom stereocenters. The monoisotopic (exact) mass is 247 g/mol. The van der Waals surface area contributed by atoms with Crippen molar-refractivity contribution in [1.82, 2.24) is 15.3 Å². The molecule has 88 valence electrons. The number of rotatable bonds is 1. The predicted octanol–water partition coefficient (Wildman–Crippen LogP) is 2.67. The zero-order valence-electron chi connectivity index (χ0n) is 9.70. The van der Waals surface area contributed by atoms with E-state index in [0.29, 0.717) is 5.92 Å². The van der Waals surface area contributed by atoms with Gasteiger partial charge in [-0.3, -0.25) is 0 Å². The lowest BCUT2D eigenvalue weighted by atomic mass is 10.1. The molecule has 1 atom stereocenters. The Hall–Kier alpha value is -1.19. The standard InChI is InChI=1S/C13H14ClN3/c1-8-11-3-2-10(14)6-12(11)17-13(16-8)9-4-5-15-7-9/h2-3,6,9,15H,4-5,7H2,1H3. The van der Waals surface area contributed by atoms with Gasteiger partial charge in [0.15, 0.2) is 0 Å². The van der Waals surface area contributed by atoms with Crippen LogP contribution in [0, 0.1) is 6.92 Å². The highest BCUT2D eigenvalue weighted by Crippen LogP contribution is 2.24. The summed E-state index contributed by atoms with van der Waals surface area (Å²) < 4.78 is 0. The van der Waals surface area contributed by atoms with Gasteiger partial charge in [-0.25, -0.2) is 9.97 Å². The lowest BCUT2D eigenvalue weighted by Crippen LogP contribution is -2.10. The second-order valence-electron chi connectivity index (χ2n) is 4.52. The van der Waals surface area contributed by atoms with Crippen molar-refractivity contribution in [3.05, 3.63) is 34.7 Å². The molecule has 4 heteroatoms. The molecule has 3 rings (SSSR count). The molecule has 1 aromatic carbocycles. The Bertz CT molecular complexity index is 562. The predicted molar refractivity (Wildman–Crippen MR) is 69.5 cm³/mol. The second-order valence-corrected chi connectivity index (χ2v) is 4.95. The lowest BCUT2D eigenvalue weighted by molar-refractivity contribution is 0.703. The Balaban J connectivity index is 2.14. The molecule has 1 aliphatic heterocycles. The van der Waals surface area contributed by atoms with Crippen LogP contribution in [-0.4, -0.2) is 23.1 Å². The maximum Gasteiger partial charge on any atom is 0.133 e. The number of aryl methyl sites for hydroxylation is 1. The summed E-state index contributed by atoms with van der Waals surface area (Å²) in [7, 11) is 0. The minimum absolute atomic E-state index is 0.442. The van der Waals surface area contributed by atoms with E-state index < -0.39 is 0 Å². The third kappa shape index (κ3) is 2.01. The van der Waals surface area contributed by atoms with Crippen LogP contribution in [0.15, 0.2) is 18.2 Å². The van der Waals surface area contributed by atoms with Crippen LogP contribution in [0.25, 0.3) is 10.9 Å². The van der Waals surface area contributed by atoms with Crippen LogP contribution in [0.1, 0.15) is 23.9 Å².